The van der Waals surface area contributed by atoms with Crippen LogP contribution in [0, 0.1) is 0 Å². The first-order chi connectivity index (χ1) is 9.75. The van der Waals surface area contributed by atoms with Gasteiger partial charge in [-0.05, 0) is 36.1 Å². The molecule has 0 saturated carbocycles. The van der Waals surface area contributed by atoms with Crippen molar-refractivity contribution in [1.82, 2.24) is 0 Å². The number of fused-ring (bicyclic) bond motifs is 1. The van der Waals surface area contributed by atoms with Gasteiger partial charge in [0.2, 0.25) is 0 Å². The number of nitrogens with one attached hydrogen (secondary N) is 1. The quantitative estimate of drug-likeness (QED) is 0.897. The summed E-state index contributed by atoms with van der Waals surface area (Å²) in [6, 6.07) is 11.2. The van der Waals surface area contributed by atoms with E-state index in [0.29, 0.717) is 10.8 Å². The largest absolute Gasteiger partial charge is 0.478 e. The zero-order valence-electron chi connectivity index (χ0n) is 11.1. The number of carboxylic acid groups (broad SMARTS) is 1. The Balaban J connectivity index is 1.91. The Morgan fingerprint density at radius 2 is 2.05 bits per heavy atom. The highest BCUT2D eigenvalue weighted by atomic mass is 32.2. The van der Waals surface area contributed by atoms with Crippen molar-refractivity contribution in [2.24, 2.45) is 0 Å². The summed E-state index contributed by atoms with van der Waals surface area (Å²) in [5, 5.41) is 15.2. The van der Waals surface area contributed by atoms with E-state index in [1.54, 1.807) is 6.07 Å². The maximum Gasteiger partial charge on any atom is 0.336 e. The Morgan fingerprint density at radius 3 is 2.75 bits per heavy atom. The molecule has 2 aromatic rings. The van der Waals surface area contributed by atoms with Crippen LogP contribution in [0.3, 0.4) is 0 Å². The van der Waals surface area contributed by atoms with Crippen molar-refractivity contribution in [2.45, 2.75) is 18.1 Å². The molecule has 1 fully saturated rings. The van der Waals surface area contributed by atoms with Crippen molar-refractivity contribution in [3.63, 3.8) is 0 Å². The van der Waals surface area contributed by atoms with Gasteiger partial charge >= 0.3 is 5.97 Å². The standard InChI is InChI=1S/C16H17NO2S/c18-16(19)14-7-8-15(13-6-2-1-5-12(13)14)17-10-11-4-3-9-20-11/h1-2,5-8,11,17H,3-4,9-10H2,(H,18,19). The Labute approximate surface area is 122 Å². The maximum atomic E-state index is 11.3. The van der Waals surface area contributed by atoms with Crippen LogP contribution < -0.4 is 5.32 Å². The summed E-state index contributed by atoms with van der Waals surface area (Å²) in [6.45, 7) is 0.946. The molecule has 1 aliphatic heterocycles. The predicted molar refractivity (Wildman–Crippen MR) is 84.9 cm³/mol. The van der Waals surface area contributed by atoms with Gasteiger partial charge < -0.3 is 10.4 Å². The molecule has 1 saturated heterocycles. The van der Waals surface area contributed by atoms with Crippen molar-refractivity contribution in [3.8, 4) is 0 Å². The fourth-order valence-electron chi connectivity index (χ4n) is 2.67. The minimum absolute atomic E-state index is 0.362. The van der Waals surface area contributed by atoms with Gasteiger partial charge in [0.1, 0.15) is 0 Å². The Bertz CT molecular complexity index is 635. The summed E-state index contributed by atoms with van der Waals surface area (Å²) >= 11 is 2.02. The summed E-state index contributed by atoms with van der Waals surface area (Å²) in [5.74, 6) is 0.379. The zero-order chi connectivity index (χ0) is 13.9. The summed E-state index contributed by atoms with van der Waals surface area (Å²) in [7, 11) is 0. The highest BCUT2D eigenvalue weighted by Gasteiger charge is 2.16. The molecule has 2 N–H and O–H groups in total. The van der Waals surface area contributed by atoms with E-state index < -0.39 is 5.97 Å². The number of hydrogen-bond acceptors (Lipinski definition) is 3. The van der Waals surface area contributed by atoms with Crippen LogP contribution in [0.5, 0.6) is 0 Å². The summed E-state index contributed by atoms with van der Waals surface area (Å²) in [6.07, 6.45) is 2.57. The van der Waals surface area contributed by atoms with Crippen LogP contribution in [-0.2, 0) is 0 Å². The topological polar surface area (TPSA) is 49.3 Å². The molecule has 1 aliphatic rings. The van der Waals surface area contributed by atoms with Crippen LogP contribution in [-0.4, -0.2) is 28.6 Å². The minimum atomic E-state index is -0.876. The number of aromatic carboxylic acids is 1. The van der Waals surface area contributed by atoms with Crippen molar-refractivity contribution < 1.29 is 9.90 Å². The van der Waals surface area contributed by atoms with Gasteiger partial charge in [-0.2, -0.15) is 11.8 Å². The predicted octanol–water partition coefficient (Wildman–Crippen LogP) is 3.85. The monoisotopic (exact) mass is 287 g/mol. The van der Waals surface area contributed by atoms with Gasteiger partial charge in [0.25, 0.3) is 0 Å². The van der Waals surface area contributed by atoms with Crippen LogP contribution >= 0.6 is 11.8 Å². The summed E-state index contributed by atoms with van der Waals surface area (Å²) in [5.41, 5.74) is 1.39. The van der Waals surface area contributed by atoms with Gasteiger partial charge in [0.05, 0.1) is 5.56 Å². The first kappa shape index (κ1) is 13.3. The maximum absolute atomic E-state index is 11.3. The van der Waals surface area contributed by atoms with Crippen LogP contribution in [0.25, 0.3) is 10.8 Å². The molecule has 1 atom stereocenters. The average molecular weight is 287 g/mol. The van der Waals surface area contributed by atoms with Crippen LogP contribution in [0.1, 0.15) is 23.2 Å². The molecule has 104 valence electrons. The lowest BCUT2D eigenvalue weighted by molar-refractivity contribution is 0.0699. The van der Waals surface area contributed by atoms with E-state index in [-0.39, 0.29) is 0 Å². The second-order valence-electron chi connectivity index (χ2n) is 5.03. The third kappa shape index (κ3) is 2.61. The second-order valence-corrected chi connectivity index (χ2v) is 6.44. The van der Waals surface area contributed by atoms with E-state index in [1.807, 2.05) is 42.1 Å². The fraction of sp³-hybridized carbons (Fsp3) is 0.312. The molecular weight excluding hydrogens is 270 g/mol. The molecule has 3 rings (SSSR count). The van der Waals surface area contributed by atoms with Crippen LogP contribution in [0.15, 0.2) is 36.4 Å². The number of carbonyl (C=O) groups is 1. The molecule has 0 bridgehead atoms. The van der Waals surface area contributed by atoms with Gasteiger partial charge in [0.15, 0.2) is 0 Å². The smallest absolute Gasteiger partial charge is 0.336 e. The van der Waals surface area contributed by atoms with Crippen LogP contribution in [0.2, 0.25) is 0 Å². The summed E-state index contributed by atoms with van der Waals surface area (Å²) in [4.78, 5) is 11.3. The van der Waals surface area contributed by atoms with Gasteiger partial charge in [-0.15, -0.1) is 0 Å². The SMILES string of the molecule is O=C(O)c1ccc(NCC2CCCS2)c2ccccc12. The lowest BCUT2D eigenvalue weighted by Crippen LogP contribution is -2.14. The van der Waals surface area contributed by atoms with Crippen molar-refractivity contribution in [3.05, 3.63) is 42.0 Å². The third-order valence-corrected chi connectivity index (χ3v) is 5.10. The molecule has 1 heterocycles. The lowest BCUT2D eigenvalue weighted by Gasteiger charge is -2.14. The number of rotatable bonds is 4. The van der Waals surface area contributed by atoms with Gasteiger partial charge in [-0.3, -0.25) is 0 Å². The Hall–Kier alpha value is -1.68. The normalized spacial score (nSPS) is 18.3. The van der Waals surface area contributed by atoms with Crippen molar-refractivity contribution >= 4 is 34.2 Å². The molecule has 0 aliphatic carbocycles. The number of hydrogen-bond donors (Lipinski definition) is 2. The molecule has 0 radical (unpaired) electrons. The van der Waals surface area contributed by atoms with Gasteiger partial charge in [-0.25, -0.2) is 4.79 Å². The second kappa shape index (κ2) is 5.75. The van der Waals surface area contributed by atoms with Crippen molar-refractivity contribution in [2.75, 3.05) is 17.6 Å². The first-order valence-electron chi connectivity index (χ1n) is 6.86. The van der Waals surface area contributed by atoms with Gasteiger partial charge in [0, 0.05) is 22.9 Å². The number of anilines is 1. The highest BCUT2D eigenvalue weighted by Crippen LogP contribution is 2.29. The molecular formula is C16H17NO2S. The van der Waals surface area contributed by atoms with E-state index in [2.05, 4.69) is 5.32 Å². The average Bonchev–Trinajstić information content (AvgIpc) is 2.97. The Morgan fingerprint density at radius 1 is 1.25 bits per heavy atom. The molecule has 4 heteroatoms. The number of thioether (sulfide) groups is 1. The molecule has 2 aromatic carbocycles. The fourth-order valence-corrected chi connectivity index (χ4v) is 3.87. The first-order valence-corrected chi connectivity index (χ1v) is 7.91. The third-order valence-electron chi connectivity index (χ3n) is 3.70. The highest BCUT2D eigenvalue weighted by molar-refractivity contribution is 8.00. The molecule has 3 nitrogen and oxygen atoms in total. The Kier molecular flexibility index (Phi) is 3.83. The van der Waals surface area contributed by atoms with Gasteiger partial charge in [-0.1, -0.05) is 24.3 Å². The minimum Gasteiger partial charge on any atom is -0.478 e. The molecule has 0 amide bonds. The number of carboxylic acids is 1. The summed E-state index contributed by atoms with van der Waals surface area (Å²) < 4.78 is 0. The van der Waals surface area contributed by atoms with E-state index in [4.69, 9.17) is 0 Å². The molecule has 20 heavy (non-hydrogen) atoms. The van der Waals surface area contributed by atoms with E-state index in [9.17, 15) is 9.90 Å². The number of benzene rings is 2. The van der Waals surface area contributed by atoms with E-state index in [0.717, 1.165) is 23.0 Å². The zero-order valence-corrected chi connectivity index (χ0v) is 12.0. The van der Waals surface area contributed by atoms with Crippen LogP contribution in [0.4, 0.5) is 5.69 Å². The van der Waals surface area contributed by atoms with Crippen molar-refractivity contribution in [1.29, 1.82) is 0 Å². The van der Waals surface area contributed by atoms with E-state index >= 15 is 0 Å². The lowest BCUT2D eigenvalue weighted by atomic mass is 10.0. The van der Waals surface area contributed by atoms with E-state index in [1.165, 1.54) is 18.6 Å². The molecule has 1 unspecified atom stereocenters. The molecule has 0 aromatic heterocycles. The molecule has 0 spiro atoms.